The molecular weight excluding hydrogens is 433 g/mol. The molecule has 0 amide bonds. The summed E-state index contributed by atoms with van der Waals surface area (Å²) in [5, 5.41) is 0. The van der Waals surface area contributed by atoms with E-state index < -0.39 is 5.95 Å². The number of unbranched alkanes of at least 4 members (excludes halogenated alkanes) is 9. The highest BCUT2D eigenvalue weighted by molar-refractivity contribution is 5.60. The molecule has 0 unspecified atom stereocenters. The van der Waals surface area contributed by atoms with Gasteiger partial charge in [0.2, 0.25) is 0 Å². The molecule has 1 aromatic carbocycles. The van der Waals surface area contributed by atoms with Crippen molar-refractivity contribution in [1.82, 2.24) is 4.98 Å². The van der Waals surface area contributed by atoms with Crippen molar-refractivity contribution in [2.24, 2.45) is 5.92 Å². The molecule has 3 rings (SSSR count). The third-order valence-electron chi connectivity index (χ3n) is 7.81. The van der Waals surface area contributed by atoms with Gasteiger partial charge < -0.3 is 4.74 Å². The van der Waals surface area contributed by atoms with E-state index in [9.17, 15) is 4.39 Å². The second kappa shape index (κ2) is 16.0. The molecule has 35 heavy (non-hydrogen) atoms. The molecule has 0 atom stereocenters. The van der Waals surface area contributed by atoms with Gasteiger partial charge in [-0.25, -0.2) is 4.98 Å². The second-order valence-electron chi connectivity index (χ2n) is 10.6. The summed E-state index contributed by atoms with van der Waals surface area (Å²) in [6.07, 6.45) is 20.8. The topological polar surface area (TPSA) is 22.1 Å². The SMILES string of the molecule is CCCCCCCCCCOc1ccc(-c2ccc(C3CCC(CCCCC)CC3)cc2)nc1F. The van der Waals surface area contributed by atoms with E-state index in [-0.39, 0.29) is 5.75 Å². The van der Waals surface area contributed by atoms with Crippen molar-refractivity contribution in [3.8, 4) is 17.0 Å². The first-order valence-electron chi connectivity index (χ1n) is 14.6. The summed E-state index contributed by atoms with van der Waals surface area (Å²) >= 11 is 0. The van der Waals surface area contributed by atoms with Gasteiger partial charge in [-0.15, -0.1) is 0 Å². The van der Waals surface area contributed by atoms with Gasteiger partial charge in [-0.05, 0) is 61.6 Å². The molecule has 0 aliphatic heterocycles. The fraction of sp³-hybridized carbons (Fsp3) is 0.656. The minimum atomic E-state index is -0.507. The molecular formula is C32H48FNO. The van der Waals surface area contributed by atoms with Crippen LogP contribution in [0.5, 0.6) is 5.75 Å². The van der Waals surface area contributed by atoms with Crippen LogP contribution in [0.3, 0.4) is 0 Å². The minimum Gasteiger partial charge on any atom is -0.489 e. The lowest BCUT2D eigenvalue weighted by molar-refractivity contribution is 0.286. The molecule has 0 N–H and O–H groups in total. The van der Waals surface area contributed by atoms with Crippen molar-refractivity contribution in [2.45, 2.75) is 122 Å². The van der Waals surface area contributed by atoms with Gasteiger partial charge >= 0.3 is 0 Å². The van der Waals surface area contributed by atoms with Crippen molar-refractivity contribution in [3.05, 3.63) is 47.9 Å². The maximum Gasteiger partial charge on any atom is 0.255 e. The summed E-state index contributed by atoms with van der Waals surface area (Å²) in [7, 11) is 0. The smallest absolute Gasteiger partial charge is 0.255 e. The second-order valence-corrected chi connectivity index (χ2v) is 10.6. The molecule has 2 nitrogen and oxygen atoms in total. The summed E-state index contributed by atoms with van der Waals surface area (Å²) in [5.41, 5.74) is 3.06. The summed E-state index contributed by atoms with van der Waals surface area (Å²) in [5.74, 6) is 1.36. The van der Waals surface area contributed by atoms with E-state index in [4.69, 9.17) is 4.74 Å². The van der Waals surface area contributed by atoms with E-state index in [1.807, 2.05) is 6.07 Å². The Morgan fingerprint density at radius 3 is 2.03 bits per heavy atom. The molecule has 1 aromatic heterocycles. The van der Waals surface area contributed by atoms with Crippen LogP contribution in [0.25, 0.3) is 11.3 Å². The van der Waals surface area contributed by atoms with Crippen LogP contribution in [0, 0.1) is 11.9 Å². The number of pyridine rings is 1. The lowest BCUT2D eigenvalue weighted by atomic mass is 9.77. The van der Waals surface area contributed by atoms with Crippen LogP contribution in [0.1, 0.15) is 128 Å². The zero-order valence-electron chi connectivity index (χ0n) is 22.4. The average molecular weight is 482 g/mol. The fourth-order valence-corrected chi connectivity index (χ4v) is 5.50. The quantitative estimate of drug-likeness (QED) is 0.176. The maximum absolute atomic E-state index is 14.6. The summed E-state index contributed by atoms with van der Waals surface area (Å²) < 4.78 is 20.2. The minimum absolute atomic E-state index is 0.268. The highest BCUT2D eigenvalue weighted by Gasteiger charge is 2.22. The van der Waals surface area contributed by atoms with Gasteiger partial charge in [0, 0.05) is 5.56 Å². The monoisotopic (exact) mass is 481 g/mol. The summed E-state index contributed by atoms with van der Waals surface area (Å²) in [6.45, 7) is 5.09. The van der Waals surface area contributed by atoms with Gasteiger partial charge in [0.1, 0.15) is 0 Å². The van der Waals surface area contributed by atoms with Crippen molar-refractivity contribution in [3.63, 3.8) is 0 Å². The fourth-order valence-electron chi connectivity index (χ4n) is 5.50. The normalized spacial score (nSPS) is 18.0. The molecule has 0 saturated heterocycles. The van der Waals surface area contributed by atoms with Crippen LogP contribution in [0.4, 0.5) is 4.39 Å². The van der Waals surface area contributed by atoms with Crippen molar-refractivity contribution in [2.75, 3.05) is 6.61 Å². The van der Waals surface area contributed by atoms with E-state index in [2.05, 4.69) is 43.1 Å². The number of hydrogen-bond acceptors (Lipinski definition) is 2. The first-order valence-corrected chi connectivity index (χ1v) is 14.6. The van der Waals surface area contributed by atoms with Crippen molar-refractivity contribution >= 4 is 0 Å². The molecule has 2 aromatic rings. The molecule has 194 valence electrons. The van der Waals surface area contributed by atoms with E-state index >= 15 is 0 Å². The van der Waals surface area contributed by atoms with Crippen LogP contribution in [-0.4, -0.2) is 11.6 Å². The molecule has 1 saturated carbocycles. The molecule has 0 radical (unpaired) electrons. The molecule has 0 bridgehead atoms. The van der Waals surface area contributed by atoms with Crippen LogP contribution >= 0.6 is 0 Å². The predicted octanol–water partition coefficient (Wildman–Crippen LogP) is 10.3. The molecule has 1 aliphatic carbocycles. The zero-order chi connectivity index (χ0) is 24.7. The summed E-state index contributed by atoms with van der Waals surface area (Å²) in [4.78, 5) is 4.20. The Labute approximate surface area is 214 Å². The Kier molecular flexibility index (Phi) is 12.6. The largest absolute Gasteiger partial charge is 0.489 e. The van der Waals surface area contributed by atoms with Gasteiger partial charge in [-0.3, -0.25) is 0 Å². The van der Waals surface area contributed by atoms with Crippen LogP contribution in [0.2, 0.25) is 0 Å². The Bertz CT molecular complexity index is 826. The molecule has 1 fully saturated rings. The van der Waals surface area contributed by atoms with Crippen molar-refractivity contribution < 1.29 is 9.13 Å². The Morgan fingerprint density at radius 2 is 1.37 bits per heavy atom. The van der Waals surface area contributed by atoms with Crippen LogP contribution < -0.4 is 4.74 Å². The number of nitrogens with zero attached hydrogens (tertiary/aromatic N) is 1. The van der Waals surface area contributed by atoms with E-state index in [1.54, 1.807) is 6.07 Å². The van der Waals surface area contributed by atoms with E-state index in [1.165, 1.54) is 95.5 Å². The first kappa shape index (κ1) is 27.7. The highest BCUT2D eigenvalue weighted by Crippen LogP contribution is 2.38. The number of hydrogen-bond donors (Lipinski definition) is 0. The number of ether oxygens (including phenoxy) is 1. The number of aromatic nitrogens is 1. The molecule has 3 heteroatoms. The zero-order valence-corrected chi connectivity index (χ0v) is 22.4. The lowest BCUT2D eigenvalue weighted by Crippen LogP contribution is -2.13. The number of halogens is 1. The van der Waals surface area contributed by atoms with Gasteiger partial charge in [0.05, 0.1) is 12.3 Å². The number of rotatable bonds is 16. The summed E-state index contributed by atoms with van der Waals surface area (Å²) in [6, 6.07) is 12.3. The van der Waals surface area contributed by atoms with Crippen LogP contribution in [-0.2, 0) is 0 Å². The predicted molar refractivity (Wildman–Crippen MR) is 147 cm³/mol. The van der Waals surface area contributed by atoms with Gasteiger partial charge in [-0.1, -0.05) is 109 Å². The molecule has 1 heterocycles. The average Bonchev–Trinajstić information content (AvgIpc) is 2.89. The first-order chi connectivity index (χ1) is 17.2. The Morgan fingerprint density at radius 1 is 0.743 bits per heavy atom. The lowest BCUT2D eigenvalue weighted by Gasteiger charge is -2.29. The van der Waals surface area contributed by atoms with Crippen LogP contribution in [0.15, 0.2) is 36.4 Å². The van der Waals surface area contributed by atoms with E-state index in [0.717, 1.165) is 24.3 Å². The number of benzene rings is 1. The van der Waals surface area contributed by atoms with Gasteiger partial charge in [0.25, 0.3) is 5.95 Å². The third-order valence-corrected chi connectivity index (χ3v) is 7.81. The third kappa shape index (κ3) is 9.58. The van der Waals surface area contributed by atoms with Crippen molar-refractivity contribution in [1.29, 1.82) is 0 Å². The molecule has 0 spiro atoms. The Balaban J connectivity index is 1.40. The highest BCUT2D eigenvalue weighted by atomic mass is 19.1. The maximum atomic E-state index is 14.6. The van der Waals surface area contributed by atoms with E-state index in [0.29, 0.717) is 18.2 Å². The molecule has 1 aliphatic rings. The standard InChI is InChI=1S/C32H48FNO/c1-3-5-7-8-9-10-11-13-25-35-31-24-23-30(34-32(31)33)29-21-19-28(20-22-29)27-17-15-26(16-18-27)14-12-6-4-2/h19-24,26-27H,3-18,25H2,1-2H3. The van der Waals surface area contributed by atoms with Gasteiger partial charge in [0.15, 0.2) is 5.75 Å². The van der Waals surface area contributed by atoms with Gasteiger partial charge in [-0.2, -0.15) is 4.39 Å². The Hall–Kier alpha value is -1.90.